The lowest BCUT2D eigenvalue weighted by atomic mass is 9.97. The Labute approximate surface area is 119 Å². The maximum absolute atomic E-state index is 12.4. The van der Waals surface area contributed by atoms with E-state index in [1.54, 1.807) is 12.1 Å². The van der Waals surface area contributed by atoms with Gasteiger partial charge >= 0.3 is 5.97 Å². The van der Waals surface area contributed by atoms with Crippen LogP contribution in [0.2, 0.25) is 5.02 Å². The first-order valence-corrected chi connectivity index (χ1v) is 6.52. The summed E-state index contributed by atoms with van der Waals surface area (Å²) in [6.45, 7) is -0.0412. The van der Waals surface area contributed by atoms with E-state index in [0.717, 1.165) is 5.39 Å². The molecule has 0 aliphatic heterocycles. The molecule has 3 N–H and O–H groups in total. The quantitative estimate of drug-likeness (QED) is 0.844. The Kier molecular flexibility index (Phi) is 2.84. The predicted octanol–water partition coefficient (Wildman–Crippen LogP) is 2.32. The van der Waals surface area contributed by atoms with Crippen LogP contribution >= 0.6 is 11.6 Å². The molecule has 0 spiro atoms. The lowest BCUT2D eigenvalue weighted by Gasteiger charge is -2.08. The summed E-state index contributed by atoms with van der Waals surface area (Å²) in [6.07, 6.45) is 1.77. The summed E-state index contributed by atoms with van der Waals surface area (Å²) >= 11 is 6.05. The third-order valence-corrected chi connectivity index (χ3v) is 4.25. The summed E-state index contributed by atoms with van der Waals surface area (Å²) in [5, 5.41) is 10.2. The molecule has 104 valence electrons. The van der Waals surface area contributed by atoms with Crippen LogP contribution in [0.25, 0.3) is 11.0 Å². The van der Waals surface area contributed by atoms with Gasteiger partial charge in [0.25, 0.3) is 0 Å². The molecule has 0 radical (unpaired) electrons. The molecule has 1 heterocycles. The molecule has 1 aromatic carbocycles. The molecule has 3 rings (SSSR count). The zero-order valence-corrected chi connectivity index (χ0v) is 11.2. The first-order valence-electron chi connectivity index (χ1n) is 6.14. The van der Waals surface area contributed by atoms with Crippen molar-refractivity contribution in [2.24, 2.45) is 17.1 Å². The van der Waals surface area contributed by atoms with Crippen molar-refractivity contribution in [3.8, 4) is 0 Å². The Balaban J connectivity index is 1.96. The highest BCUT2D eigenvalue weighted by Gasteiger charge is 2.62. The normalized spacial score (nSPS) is 24.8. The Morgan fingerprint density at radius 1 is 1.50 bits per heavy atom. The Morgan fingerprint density at radius 2 is 2.25 bits per heavy atom. The molecule has 0 bridgehead atoms. The van der Waals surface area contributed by atoms with Crippen LogP contribution in [0, 0.1) is 11.3 Å². The van der Waals surface area contributed by atoms with Crippen molar-refractivity contribution >= 4 is 34.3 Å². The first-order chi connectivity index (χ1) is 9.49. The molecule has 1 fully saturated rings. The minimum absolute atomic E-state index is 0.0412. The molecule has 2 atom stereocenters. The second kappa shape index (κ2) is 4.33. The Bertz CT molecular complexity index is 723. The van der Waals surface area contributed by atoms with E-state index in [-0.39, 0.29) is 18.7 Å². The van der Waals surface area contributed by atoms with Crippen LogP contribution in [0.5, 0.6) is 0 Å². The number of fused-ring (bicyclic) bond motifs is 1. The predicted molar refractivity (Wildman–Crippen MR) is 72.8 cm³/mol. The highest BCUT2D eigenvalue weighted by molar-refractivity contribution is 6.35. The third-order valence-electron chi connectivity index (χ3n) is 3.97. The van der Waals surface area contributed by atoms with E-state index in [2.05, 4.69) is 0 Å². The number of benzene rings is 1. The average Bonchev–Trinajstić information content (AvgIpc) is 2.99. The number of ketones is 1. The lowest BCUT2D eigenvalue weighted by Crippen LogP contribution is -2.29. The average molecular weight is 294 g/mol. The number of hydrogen-bond donors (Lipinski definition) is 2. The second-order valence-electron chi connectivity index (χ2n) is 5.08. The minimum atomic E-state index is -1.12. The van der Waals surface area contributed by atoms with Gasteiger partial charge in [-0.05, 0) is 24.6 Å². The summed E-state index contributed by atoms with van der Waals surface area (Å²) in [5.74, 6) is -1.83. The maximum Gasteiger partial charge on any atom is 0.311 e. The number of nitrogens with two attached hydrogens (primary N) is 1. The maximum atomic E-state index is 12.4. The number of halogens is 1. The zero-order chi connectivity index (χ0) is 14.5. The number of rotatable bonds is 4. The van der Waals surface area contributed by atoms with Gasteiger partial charge in [-0.3, -0.25) is 9.59 Å². The van der Waals surface area contributed by atoms with Gasteiger partial charge in [-0.25, -0.2) is 0 Å². The van der Waals surface area contributed by atoms with Crippen LogP contribution in [0.15, 0.2) is 28.9 Å². The zero-order valence-electron chi connectivity index (χ0n) is 10.4. The largest absolute Gasteiger partial charge is 0.481 e. The van der Waals surface area contributed by atoms with E-state index in [1.807, 2.05) is 0 Å². The molecule has 0 amide bonds. The van der Waals surface area contributed by atoms with Crippen LogP contribution in [0.4, 0.5) is 0 Å². The van der Waals surface area contributed by atoms with Gasteiger partial charge in [0.2, 0.25) is 0 Å². The van der Waals surface area contributed by atoms with Crippen molar-refractivity contribution in [1.82, 2.24) is 0 Å². The molecule has 5 nitrogen and oxygen atoms in total. The number of aliphatic carboxylic acids is 1. The van der Waals surface area contributed by atoms with Crippen LogP contribution in [-0.4, -0.2) is 23.4 Å². The van der Waals surface area contributed by atoms with Crippen LogP contribution < -0.4 is 5.73 Å². The molecular weight excluding hydrogens is 282 g/mol. The summed E-state index contributed by atoms with van der Waals surface area (Å²) in [4.78, 5) is 23.6. The van der Waals surface area contributed by atoms with Crippen molar-refractivity contribution in [2.45, 2.75) is 6.42 Å². The number of carbonyl (C=O) groups excluding carboxylic acids is 1. The number of furan rings is 1. The number of carboxylic acids is 1. The molecule has 6 heteroatoms. The minimum Gasteiger partial charge on any atom is -0.481 e. The number of Topliss-reactive ketones (excluding diaryl/α,β-unsaturated/α-hetero) is 1. The summed E-state index contributed by atoms with van der Waals surface area (Å²) in [6, 6.07) is 4.88. The van der Waals surface area contributed by atoms with E-state index in [0.29, 0.717) is 16.2 Å². The second-order valence-corrected chi connectivity index (χ2v) is 5.49. The first kappa shape index (κ1) is 13.1. The van der Waals surface area contributed by atoms with Crippen molar-refractivity contribution in [1.29, 1.82) is 0 Å². The van der Waals surface area contributed by atoms with E-state index in [1.165, 1.54) is 12.3 Å². The third kappa shape index (κ3) is 1.74. The van der Waals surface area contributed by atoms with Gasteiger partial charge in [0, 0.05) is 23.4 Å². The number of carboxylic acid groups (broad SMARTS) is 1. The van der Waals surface area contributed by atoms with E-state index in [9.17, 15) is 14.7 Å². The van der Waals surface area contributed by atoms with Crippen molar-refractivity contribution in [3.05, 3.63) is 35.0 Å². The Morgan fingerprint density at radius 3 is 2.85 bits per heavy atom. The highest BCUT2D eigenvalue weighted by atomic mass is 35.5. The smallest absolute Gasteiger partial charge is 0.311 e. The van der Waals surface area contributed by atoms with Crippen molar-refractivity contribution < 1.29 is 19.1 Å². The highest BCUT2D eigenvalue weighted by Crippen LogP contribution is 2.53. The number of hydrogen-bond acceptors (Lipinski definition) is 4. The topological polar surface area (TPSA) is 93.5 Å². The standard InChI is InChI=1S/C14H12ClNO4/c15-10-4-8(3-7-1-2-20-12(7)10)11(17)9-5-14(9,6-16)13(18)19/h1-4,9H,5-6,16H2,(H,18,19). The molecule has 1 aliphatic carbocycles. The summed E-state index contributed by atoms with van der Waals surface area (Å²) in [7, 11) is 0. The van der Waals surface area contributed by atoms with Gasteiger partial charge in [0.05, 0.1) is 16.7 Å². The van der Waals surface area contributed by atoms with E-state index >= 15 is 0 Å². The van der Waals surface area contributed by atoms with Gasteiger partial charge in [-0.15, -0.1) is 0 Å². The summed E-state index contributed by atoms with van der Waals surface area (Å²) < 4.78 is 5.20. The number of carbonyl (C=O) groups is 2. The molecule has 1 aromatic heterocycles. The monoisotopic (exact) mass is 293 g/mol. The van der Waals surface area contributed by atoms with E-state index < -0.39 is 17.3 Å². The fourth-order valence-corrected chi connectivity index (χ4v) is 2.85. The van der Waals surface area contributed by atoms with Gasteiger partial charge < -0.3 is 15.3 Å². The van der Waals surface area contributed by atoms with Gasteiger partial charge in [-0.2, -0.15) is 0 Å². The van der Waals surface area contributed by atoms with Crippen LogP contribution in [0.1, 0.15) is 16.8 Å². The molecule has 1 saturated carbocycles. The SMILES string of the molecule is NCC1(C(=O)O)CC1C(=O)c1cc(Cl)c2occc2c1. The van der Waals surface area contributed by atoms with Crippen molar-refractivity contribution in [3.63, 3.8) is 0 Å². The molecule has 2 aromatic rings. The molecule has 0 saturated heterocycles. The molecule has 2 unspecified atom stereocenters. The van der Waals surface area contributed by atoms with Gasteiger partial charge in [-0.1, -0.05) is 11.6 Å². The molecule has 20 heavy (non-hydrogen) atoms. The molecule has 1 aliphatic rings. The fraction of sp³-hybridized carbons (Fsp3) is 0.286. The van der Waals surface area contributed by atoms with Crippen LogP contribution in [-0.2, 0) is 4.79 Å². The fourth-order valence-electron chi connectivity index (χ4n) is 2.58. The van der Waals surface area contributed by atoms with Crippen molar-refractivity contribution in [2.75, 3.05) is 6.54 Å². The summed E-state index contributed by atoms with van der Waals surface area (Å²) in [5.41, 5.74) is 5.30. The lowest BCUT2D eigenvalue weighted by molar-refractivity contribution is -0.143. The van der Waals surface area contributed by atoms with Gasteiger partial charge in [0.15, 0.2) is 11.4 Å². The van der Waals surface area contributed by atoms with E-state index in [4.69, 9.17) is 21.8 Å². The molecular formula is C14H12ClNO4. The van der Waals surface area contributed by atoms with Crippen LogP contribution in [0.3, 0.4) is 0 Å². The Hall–Kier alpha value is -1.85. The van der Waals surface area contributed by atoms with Gasteiger partial charge in [0.1, 0.15) is 0 Å².